The number of hydrogen-bond donors (Lipinski definition) is 1. The monoisotopic (exact) mass is 452 g/mol. The van der Waals surface area contributed by atoms with Crippen LogP contribution < -0.4 is 10.1 Å². The third-order valence-electron chi connectivity index (χ3n) is 5.47. The fourth-order valence-electron chi connectivity index (χ4n) is 3.64. The van der Waals surface area contributed by atoms with Gasteiger partial charge < -0.3 is 15.0 Å². The van der Waals surface area contributed by atoms with Crippen molar-refractivity contribution >= 4 is 17.6 Å². The summed E-state index contributed by atoms with van der Waals surface area (Å²) in [6.07, 6.45) is 5.74. The quantitative estimate of drug-likeness (QED) is 0.615. The Morgan fingerprint density at radius 1 is 1.06 bits per heavy atom. The molecule has 1 fully saturated rings. The first kappa shape index (κ1) is 22.3. The van der Waals surface area contributed by atoms with Crippen LogP contribution in [0.15, 0.2) is 61.1 Å². The zero-order valence-electron chi connectivity index (χ0n) is 17.7. The number of pyridine rings is 2. The summed E-state index contributed by atoms with van der Waals surface area (Å²) in [4.78, 5) is 35.0. The average molecular weight is 452 g/mol. The van der Waals surface area contributed by atoms with Gasteiger partial charge in [-0.3, -0.25) is 14.6 Å². The molecule has 4 rings (SSSR count). The molecule has 0 aliphatic carbocycles. The van der Waals surface area contributed by atoms with E-state index in [1.54, 1.807) is 30.7 Å². The average Bonchev–Trinajstić information content (AvgIpc) is 2.84. The van der Waals surface area contributed by atoms with E-state index in [9.17, 15) is 18.4 Å². The molecule has 170 valence electrons. The molecule has 1 aliphatic heterocycles. The minimum Gasteiger partial charge on any atom is -0.485 e. The third kappa shape index (κ3) is 5.49. The van der Waals surface area contributed by atoms with Gasteiger partial charge in [-0.1, -0.05) is 0 Å². The minimum absolute atomic E-state index is 0.177. The lowest BCUT2D eigenvalue weighted by Crippen LogP contribution is -2.41. The molecule has 0 atom stereocenters. The van der Waals surface area contributed by atoms with Gasteiger partial charge >= 0.3 is 0 Å². The molecule has 33 heavy (non-hydrogen) atoms. The van der Waals surface area contributed by atoms with Crippen LogP contribution in [0.5, 0.6) is 5.75 Å². The second-order valence-corrected chi connectivity index (χ2v) is 7.67. The van der Waals surface area contributed by atoms with E-state index < -0.39 is 17.5 Å². The number of aromatic nitrogens is 2. The summed E-state index contributed by atoms with van der Waals surface area (Å²) in [7, 11) is 0. The largest absolute Gasteiger partial charge is 0.485 e. The highest BCUT2D eigenvalue weighted by Gasteiger charge is 2.29. The lowest BCUT2D eigenvalue weighted by molar-refractivity contribution is -0.121. The van der Waals surface area contributed by atoms with Crippen LogP contribution in [-0.2, 0) is 11.4 Å². The molecule has 1 aromatic carbocycles. The maximum atomic E-state index is 13.9. The summed E-state index contributed by atoms with van der Waals surface area (Å²) in [6, 6.07) is 9.99. The Morgan fingerprint density at radius 2 is 1.82 bits per heavy atom. The number of halogens is 2. The standard InChI is InChI=1S/C24H22F2N4O3/c25-18-3-4-19(20(26)14-18)24(32)30-12-7-17(8-13-30)23(31)29-22-21(2-1-9-28-22)33-15-16-5-10-27-11-6-16/h1-6,9-11,14,17H,7-8,12-13,15H2,(H,28,29,31). The van der Waals surface area contributed by atoms with Crippen molar-refractivity contribution in [2.45, 2.75) is 19.4 Å². The van der Waals surface area contributed by atoms with Gasteiger partial charge in [-0.25, -0.2) is 13.8 Å². The number of rotatable bonds is 6. The molecule has 0 spiro atoms. The molecule has 0 bridgehead atoms. The number of carbonyl (C=O) groups is 2. The molecule has 7 nitrogen and oxygen atoms in total. The van der Waals surface area contributed by atoms with Crippen LogP contribution in [0.1, 0.15) is 28.8 Å². The molecule has 1 aliphatic rings. The normalized spacial score (nSPS) is 14.1. The highest BCUT2D eigenvalue weighted by molar-refractivity contribution is 5.95. The predicted molar refractivity (Wildman–Crippen MR) is 116 cm³/mol. The minimum atomic E-state index is -0.894. The molecule has 0 radical (unpaired) electrons. The highest BCUT2D eigenvalue weighted by Crippen LogP contribution is 2.26. The molecule has 0 unspecified atom stereocenters. The first-order chi connectivity index (χ1) is 16.0. The number of benzene rings is 1. The van der Waals surface area contributed by atoms with Crippen LogP contribution in [0, 0.1) is 17.6 Å². The van der Waals surface area contributed by atoms with E-state index in [4.69, 9.17) is 4.74 Å². The van der Waals surface area contributed by atoms with Gasteiger partial charge in [0.1, 0.15) is 18.2 Å². The first-order valence-electron chi connectivity index (χ1n) is 10.5. The Morgan fingerprint density at radius 3 is 2.55 bits per heavy atom. The maximum Gasteiger partial charge on any atom is 0.256 e. The van der Waals surface area contributed by atoms with Crippen molar-refractivity contribution in [2.75, 3.05) is 18.4 Å². The molecule has 3 aromatic rings. The van der Waals surface area contributed by atoms with E-state index in [-0.39, 0.29) is 17.4 Å². The fraction of sp³-hybridized carbons (Fsp3) is 0.250. The summed E-state index contributed by atoms with van der Waals surface area (Å²) in [5.41, 5.74) is 0.754. The Labute approximate surface area is 189 Å². The molecule has 9 heteroatoms. The Balaban J connectivity index is 1.33. The molecule has 0 saturated carbocycles. The van der Waals surface area contributed by atoms with Crippen LogP contribution in [0.3, 0.4) is 0 Å². The van der Waals surface area contributed by atoms with Crippen molar-refractivity contribution in [3.63, 3.8) is 0 Å². The van der Waals surface area contributed by atoms with E-state index in [0.29, 0.717) is 50.2 Å². The van der Waals surface area contributed by atoms with Crippen LogP contribution in [0.25, 0.3) is 0 Å². The number of nitrogens with zero attached hydrogens (tertiary/aromatic N) is 3. The molecule has 2 aromatic heterocycles. The van der Waals surface area contributed by atoms with Gasteiger partial charge in [0.2, 0.25) is 5.91 Å². The lowest BCUT2D eigenvalue weighted by atomic mass is 9.95. The first-order valence-corrected chi connectivity index (χ1v) is 10.5. The van der Waals surface area contributed by atoms with Gasteiger partial charge in [-0.2, -0.15) is 0 Å². The summed E-state index contributed by atoms with van der Waals surface area (Å²) in [6.45, 7) is 0.889. The number of likely N-dealkylation sites (tertiary alicyclic amines) is 1. The van der Waals surface area contributed by atoms with Crippen LogP contribution in [0.2, 0.25) is 0 Å². The molecular formula is C24H22F2N4O3. The lowest BCUT2D eigenvalue weighted by Gasteiger charge is -2.31. The van der Waals surface area contributed by atoms with Crippen molar-refractivity contribution < 1.29 is 23.1 Å². The zero-order valence-corrected chi connectivity index (χ0v) is 17.7. The maximum absolute atomic E-state index is 13.9. The van der Waals surface area contributed by atoms with Gasteiger partial charge in [0.15, 0.2) is 11.6 Å². The zero-order chi connectivity index (χ0) is 23.2. The molecule has 1 saturated heterocycles. The highest BCUT2D eigenvalue weighted by atomic mass is 19.1. The van der Waals surface area contributed by atoms with Crippen molar-refractivity contribution in [1.29, 1.82) is 0 Å². The van der Waals surface area contributed by atoms with Gasteiger partial charge in [0, 0.05) is 43.7 Å². The Kier molecular flexibility index (Phi) is 6.87. The molecule has 3 heterocycles. The fourth-order valence-corrected chi connectivity index (χ4v) is 3.64. The van der Waals surface area contributed by atoms with Crippen LogP contribution in [0.4, 0.5) is 14.6 Å². The van der Waals surface area contributed by atoms with Crippen molar-refractivity contribution in [1.82, 2.24) is 14.9 Å². The number of amides is 2. The van der Waals surface area contributed by atoms with Crippen LogP contribution >= 0.6 is 0 Å². The summed E-state index contributed by atoms with van der Waals surface area (Å²) < 4.78 is 32.9. The number of anilines is 1. The second-order valence-electron chi connectivity index (χ2n) is 7.67. The number of piperidine rings is 1. The van der Waals surface area contributed by atoms with E-state index in [0.717, 1.165) is 17.7 Å². The van der Waals surface area contributed by atoms with Crippen molar-refractivity contribution in [3.8, 4) is 5.75 Å². The van der Waals surface area contributed by atoms with Gasteiger partial charge in [0.25, 0.3) is 5.91 Å². The third-order valence-corrected chi connectivity index (χ3v) is 5.47. The summed E-state index contributed by atoms with van der Waals surface area (Å²) in [5.74, 6) is -1.93. The van der Waals surface area contributed by atoms with Crippen molar-refractivity contribution in [2.24, 2.45) is 5.92 Å². The SMILES string of the molecule is O=C(Nc1ncccc1OCc1ccncc1)C1CCN(C(=O)c2ccc(F)cc2F)CC1. The summed E-state index contributed by atoms with van der Waals surface area (Å²) in [5, 5.41) is 2.82. The van der Waals surface area contributed by atoms with E-state index in [2.05, 4.69) is 15.3 Å². The Hall–Kier alpha value is -3.88. The van der Waals surface area contributed by atoms with Crippen molar-refractivity contribution in [3.05, 3.63) is 83.8 Å². The van der Waals surface area contributed by atoms with Crippen LogP contribution in [-0.4, -0.2) is 39.8 Å². The number of ether oxygens (including phenoxy) is 1. The topological polar surface area (TPSA) is 84.4 Å². The van der Waals surface area contributed by atoms with Gasteiger partial charge in [0.05, 0.1) is 5.56 Å². The number of hydrogen-bond acceptors (Lipinski definition) is 5. The Bertz CT molecular complexity index is 1140. The van der Waals surface area contributed by atoms with E-state index in [1.807, 2.05) is 12.1 Å². The number of carbonyl (C=O) groups excluding carboxylic acids is 2. The summed E-state index contributed by atoms with van der Waals surface area (Å²) >= 11 is 0. The van der Waals surface area contributed by atoms with Gasteiger partial charge in [-0.05, 0) is 54.8 Å². The van der Waals surface area contributed by atoms with Gasteiger partial charge in [-0.15, -0.1) is 0 Å². The second kappa shape index (κ2) is 10.2. The molecule has 2 amide bonds. The van der Waals surface area contributed by atoms with E-state index in [1.165, 1.54) is 4.90 Å². The molecular weight excluding hydrogens is 430 g/mol. The predicted octanol–water partition coefficient (Wildman–Crippen LogP) is 3.82. The smallest absolute Gasteiger partial charge is 0.256 e. The van der Waals surface area contributed by atoms with E-state index >= 15 is 0 Å². The number of nitrogens with one attached hydrogen (secondary N) is 1. The molecule has 1 N–H and O–H groups in total.